The molecule has 1 aliphatic heterocycles. The van der Waals surface area contributed by atoms with Gasteiger partial charge in [0.2, 0.25) is 5.91 Å². The molecule has 2 aromatic carbocycles. The Morgan fingerprint density at radius 3 is 2.44 bits per heavy atom. The molecule has 0 saturated carbocycles. The number of amides is 1. The number of nitro benzene ring substituents is 1. The number of carbonyl (C=O) groups excluding carboxylic acids is 1. The first-order valence-electron chi connectivity index (χ1n) is 9.39. The molecule has 1 heterocycles. The lowest BCUT2D eigenvalue weighted by Gasteiger charge is -2.26. The molecule has 27 heavy (non-hydrogen) atoms. The third-order valence-electron chi connectivity index (χ3n) is 5.26. The van der Waals surface area contributed by atoms with Crippen LogP contribution in [0.25, 0.3) is 0 Å². The molecule has 1 amide bonds. The van der Waals surface area contributed by atoms with E-state index in [0.29, 0.717) is 12.1 Å². The lowest BCUT2D eigenvalue weighted by molar-refractivity contribution is -0.385. The number of para-hydroxylation sites is 1. The molecule has 0 N–H and O–H groups in total. The monoisotopic (exact) mass is 366 g/mol. The summed E-state index contributed by atoms with van der Waals surface area (Å²) >= 11 is 0. The molecule has 0 radical (unpaired) electrons. The highest BCUT2D eigenvalue weighted by atomic mass is 16.6. The van der Waals surface area contributed by atoms with Crippen LogP contribution in [-0.2, 0) is 16.6 Å². The fourth-order valence-electron chi connectivity index (χ4n) is 3.72. The van der Waals surface area contributed by atoms with Crippen LogP contribution >= 0.6 is 0 Å². The van der Waals surface area contributed by atoms with Gasteiger partial charge in [-0.15, -0.1) is 0 Å². The predicted octanol–water partition coefficient (Wildman–Crippen LogP) is 4.80. The zero-order valence-electron chi connectivity index (χ0n) is 16.1. The van der Waals surface area contributed by atoms with Crippen molar-refractivity contribution in [3.8, 4) is 0 Å². The number of carbonyl (C=O) groups is 1. The molecule has 1 aliphatic rings. The van der Waals surface area contributed by atoms with Crippen LogP contribution in [0.1, 0.15) is 56.3 Å². The van der Waals surface area contributed by atoms with Gasteiger partial charge in [-0.25, -0.2) is 0 Å². The Labute approximate surface area is 160 Å². The van der Waals surface area contributed by atoms with Crippen LogP contribution in [0.4, 0.5) is 5.69 Å². The smallest absolute Gasteiger partial charge is 0.273 e. The molecular weight excluding hydrogens is 340 g/mol. The number of nitro groups is 1. The highest BCUT2D eigenvalue weighted by molar-refractivity contribution is 5.80. The maximum absolute atomic E-state index is 12.9. The van der Waals surface area contributed by atoms with Crippen LogP contribution in [0.2, 0.25) is 0 Å². The van der Waals surface area contributed by atoms with Gasteiger partial charge in [-0.2, -0.15) is 0 Å². The standard InChI is InChI=1S/C22H26N2O3/c1-22(2,3)18-12-10-16(11-13-18)19-9-6-14-23(19)21(25)15-17-7-4-5-8-20(17)24(26)27/h4-5,7-8,10-13,19H,6,9,14-15H2,1-3H3. The summed E-state index contributed by atoms with van der Waals surface area (Å²) in [6.07, 6.45) is 1.94. The normalized spacial score (nSPS) is 17.1. The number of hydrogen-bond donors (Lipinski definition) is 0. The maximum atomic E-state index is 12.9. The van der Waals surface area contributed by atoms with E-state index < -0.39 is 4.92 Å². The summed E-state index contributed by atoms with van der Waals surface area (Å²) in [4.78, 5) is 25.6. The Morgan fingerprint density at radius 1 is 1.15 bits per heavy atom. The third kappa shape index (κ3) is 4.18. The van der Waals surface area contributed by atoms with Gasteiger partial charge in [0.15, 0.2) is 0 Å². The zero-order chi connectivity index (χ0) is 19.6. The van der Waals surface area contributed by atoms with Crippen LogP contribution < -0.4 is 0 Å². The quantitative estimate of drug-likeness (QED) is 0.577. The van der Waals surface area contributed by atoms with Gasteiger partial charge >= 0.3 is 0 Å². The molecule has 1 unspecified atom stereocenters. The van der Waals surface area contributed by atoms with E-state index in [2.05, 4.69) is 45.0 Å². The van der Waals surface area contributed by atoms with Gasteiger partial charge in [0, 0.05) is 18.2 Å². The van der Waals surface area contributed by atoms with Gasteiger partial charge in [-0.3, -0.25) is 14.9 Å². The predicted molar refractivity (Wildman–Crippen MR) is 106 cm³/mol. The molecule has 1 saturated heterocycles. The molecule has 0 aromatic heterocycles. The van der Waals surface area contributed by atoms with Crippen molar-refractivity contribution in [2.24, 2.45) is 0 Å². The largest absolute Gasteiger partial charge is 0.335 e. The first-order valence-corrected chi connectivity index (χ1v) is 9.39. The van der Waals surface area contributed by atoms with Gasteiger partial charge in [0.25, 0.3) is 5.69 Å². The maximum Gasteiger partial charge on any atom is 0.273 e. The molecule has 0 spiro atoms. The number of benzene rings is 2. The van der Waals surface area contributed by atoms with E-state index in [0.717, 1.165) is 18.4 Å². The molecule has 5 heteroatoms. The molecule has 2 aromatic rings. The summed E-state index contributed by atoms with van der Waals surface area (Å²) in [6, 6.07) is 15.0. The number of rotatable bonds is 4. The van der Waals surface area contributed by atoms with Crippen LogP contribution in [0.3, 0.4) is 0 Å². The molecule has 1 atom stereocenters. The highest BCUT2D eigenvalue weighted by Gasteiger charge is 2.31. The van der Waals surface area contributed by atoms with Gasteiger partial charge in [-0.1, -0.05) is 63.2 Å². The second kappa shape index (κ2) is 7.51. The Hall–Kier alpha value is -2.69. The van der Waals surface area contributed by atoms with E-state index in [1.165, 1.54) is 11.6 Å². The van der Waals surface area contributed by atoms with Crippen molar-refractivity contribution in [1.29, 1.82) is 0 Å². The summed E-state index contributed by atoms with van der Waals surface area (Å²) < 4.78 is 0. The summed E-state index contributed by atoms with van der Waals surface area (Å²) in [5, 5.41) is 11.2. The van der Waals surface area contributed by atoms with Gasteiger partial charge in [0.1, 0.15) is 0 Å². The average Bonchev–Trinajstić information content (AvgIpc) is 3.11. The first kappa shape index (κ1) is 19.1. The van der Waals surface area contributed by atoms with Crippen molar-refractivity contribution < 1.29 is 9.72 Å². The first-order chi connectivity index (χ1) is 12.8. The van der Waals surface area contributed by atoms with Gasteiger partial charge < -0.3 is 4.90 Å². The molecular formula is C22H26N2O3. The van der Waals surface area contributed by atoms with Crippen molar-refractivity contribution >= 4 is 11.6 Å². The molecule has 142 valence electrons. The molecule has 1 fully saturated rings. The summed E-state index contributed by atoms with van der Waals surface area (Å²) in [5.74, 6) is -0.0494. The van der Waals surface area contributed by atoms with Crippen molar-refractivity contribution in [2.45, 2.75) is 51.5 Å². The number of nitrogens with zero attached hydrogens (tertiary/aromatic N) is 2. The average molecular weight is 366 g/mol. The van der Waals surface area contributed by atoms with Crippen LogP contribution in [0.15, 0.2) is 48.5 Å². The van der Waals surface area contributed by atoms with E-state index in [9.17, 15) is 14.9 Å². The Morgan fingerprint density at radius 2 is 1.81 bits per heavy atom. The lowest BCUT2D eigenvalue weighted by atomic mass is 9.86. The fourth-order valence-corrected chi connectivity index (χ4v) is 3.72. The van der Waals surface area contributed by atoms with Gasteiger partial charge in [-0.05, 0) is 29.4 Å². The lowest BCUT2D eigenvalue weighted by Crippen LogP contribution is -2.32. The van der Waals surface area contributed by atoms with E-state index in [1.54, 1.807) is 18.2 Å². The summed E-state index contributed by atoms with van der Waals surface area (Å²) in [7, 11) is 0. The number of hydrogen-bond acceptors (Lipinski definition) is 3. The Balaban J connectivity index is 1.78. The van der Waals surface area contributed by atoms with Crippen molar-refractivity contribution in [3.63, 3.8) is 0 Å². The second-order valence-corrected chi connectivity index (χ2v) is 8.18. The van der Waals surface area contributed by atoms with Crippen LogP contribution in [0, 0.1) is 10.1 Å². The molecule has 0 aliphatic carbocycles. The topological polar surface area (TPSA) is 63.5 Å². The molecule has 0 bridgehead atoms. The van der Waals surface area contributed by atoms with Gasteiger partial charge in [0.05, 0.1) is 17.4 Å². The highest BCUT2D eigenvalue weighted by Crippen LogP contribution is 2.34. The fraction of sp³-hybridized carbons (Fsp3) is 0.409. The second-order valence-electron chi connectivity index (χ2n) is 8.18. The Kier molecular flexibility index (Phi) is 5.31. The SMILES string of the molecule is CC(C)(C)c1ccc(C2CCCN2C(=O)Cc2ccccc2[N+](=O)[O-])cc1. The van der Waals surface area contributed by atoms with E-state index >= 15 is 0 Å². The minimum absolute atomic E-state index is 0.0103. The minimum atomic E-state index is -0.421. The van der Waals surface area contributed by atoms with Crippen LogP contribution in [-0.4, -0.2) is 22.3 Å². The number of likely N-dealkylation sites (tertiary alicyclic amines) is 1. The van der Waals surface area contributed by atoms with E-state index in [4.69, 9.17) is 0 Å². The zero-order valence-corrected chi connectivity index (χ0v) is 16.1. The Bertz CT molecular complexity index is 837. The summed E-state index contributed by atoms with van der Waals surface area (Å²) in [6.45, 7) is 7.24. The van der Waals surface area contributed by atoms with E-state index in [-0.39, 0.29) is 29.5 Å². The minimum Gasteiger partial charge on any atom is -0.335 e. The third-order valence-corrected chi connectivity index (χ3v) is 5.26. The molecule has 3 rings (SSSR count). The van der Waals surface area contributed by atoms with Crippen molar-refractivity contribution in [3.05, 3.63) is 75.3 Å². The molecule has 5 nitrogen and oxygen atoms in total. The van der Waals surface area contributed by atoms with Crippen LogP contribution in [0.5, 0.6) is 0 Å². The van der Waals surface area contributed by atoms with Crippen molar-refractivity contribution in [2.75, 3.05) is 6.54 Å². The van der Waals surface area contributed by atoms with E-state index in [1.807, 2.05) is 4.90 Å². The summed E-state index contributed by atoms with van der Waals surface area (Å²) in [5.41, 5.74) is 2.98. The van der Waals surface area contributed by atoms with Crippen molar-refractivity contribution in [1.82, 2.24) is 4.90 Å².